The lowest BCUT2D eigenvalue weighted by atomic mass is 10.1. The monoisotopic (exact) mass is 157 g/mol. The molecule has 1 heterocycles. The van der Waals surface area contributed by atoms with Gasteiger partial charge in [0.05, 0.1) is 6.61 Å². The standard InChI is InChI=1S/C9H19NO/c1-3-10-6-5-9(7-10)8-11-4-2/h9H,3-8H2,1-2H3/t9-/m1/s1. The second kappa shape index (κ2) is 4.73. The van der Waals surface area contributed by atoms with Crippen molar-refractivity contribution >= 4 is 0 Å². The fourth-order valence-electron chi connectivity index (χ4n) is 1.62. The fraction of sp³-hybridized carbons (Fsp3) is 1.00. The zero-order valence-corrected chi connectivity index (χ0v) is 7.68. The highest BCUT2D eigenvalue weighted by Crippen LogP contribution is 2.15. The Balaban J connectivity index is 2.09. The van der Waals surface area contributed by atoms with Gasteiger partial charge in [0.25, 0.3) is 0 Å². The van der Waals surface area contributed by atoms with Crippen LogP contribution < -0.4 is 0 Å². The lowest BCUT2D eigenvalue weighted by molar-refractivity contribution is 0.112. The van der Waals surface area contributed by atoms with Crippen LogP contribution in [0.1, 0.15) is 20.3 Å². The van der Waals surface area contributed by atoms with Gasteiger partial charge >= 0.3 is 0 Å². The molecule has 2 nitrogen and oxygen atoms in total. The van der Waals surface area contributed by atoms with Crippen LogP contribution >= 0.6 is 0 Å². The molecule has 1 fully saturated rings. The highest BCUT2D eigenvalue weighted by atomic mass is 16.5. The summed E-state index contributed by atoms with van der Waals surface area (Å²) < 4.78 is 5.38. The second-order valence-electron chi connectivity index (χ2n) is 3.21. The molecule has 0 radical (unpaired) electrons. The molecular weight excluding hydrogens is 138 g/mol. The first-order valence-corrected chi connectivity index (χ1v) is 4.66. The Morgan fingerprint density at radius 2 is 2.27 bits per heavy atom. The smallest absolute Gasteiger partial charge is 0.0506 e. The molecule has 0 N–H and O–H groups in total. The SMILES string of the molecule is CCOC[C@@H]1CCN(CC)C1. The summed E-state index contributed by atoms with van der Waals surface area (Å²) in [5.41, 5.74) is 0. The highest BCUT2D eigenvalue weighted by molar-refractivity contribution is 4.73. The Morgan fingerprint density at radius 1 is 1.45 bits per heavy atom. The van der Waals surface area contributed by atoms with Gasteiger partial charge in [-0.15, -0.1) is 0 Å². The van der Waals surface area contributed by atoms with E-state index in [0.29, 0.717) is 0 Å². The van der Waals surface area contributed by atoms with Crippen molar-refractivity contribution in [3.8, 4) is 0 Å². The number of hydrogen-bond donors (Lipinski definition) is 0. The fourth-order valence-corrected chi connectivity index (χ4v) is 1.62. The third-order valence-corrected chi connectivity index (χ3v) is 2.37. The van der Waals surface area contributed by atoms with Gasteiger partial charge in [-0.2, -0.15) is 0 Å². The first kappa shape index (κ1) is 9.01. The van der Waals surface area contributed by atoms with Crippen molar-refractivity contribution in [3.63, 3.8) is 0 Å². The number of nitrogens with zero attached hydrogens (tertiary/aromatic N) is 1. The van der Waals surface area contributed by atoms with Crippen molar-refractivity contribution in [2.75, 3.05) is 32.8 Å². The van der Waals surface area contributed by atoms with E-state index in [1.165, 1.54) is 26.1 Å². The summed E-state index contributed by atoms with van der Waals surface area (Å²) in [6, 6.07) is 0. The molecule has 1 aliphatic heterocycles. The third-order valence-electron chi connectivity index (χ3n) is 2.37. The predicted octanol–water partition coefficient (Wildman–Crippen LogP) is 1.36. The lowest BCUT2D eigenvalue weighted by Crippen LogP contribution is -2.21. The van der Waals surface area contributed by atoms with E-state index in [0.717, 1.165) is 19.1 Å². The third kappa shape index (κ3) is 2.80. The molecule has 1 atom stereocenters. The van der Waals surface area contributed by atoms with Crippen LogP contribution in [0.15, 0.2) is 0 Å². The molecule has 0 aliphatic carbocycles. The van der Waals surface area contributed by atoms with E-state index in [2.05, 4.69) is 18.7 Å². The molecule has 66 valence electrons. The maximum Gasteiger partial charge on any atom is 0.0506 e. The normalized spacial score (nSPS) is 26.2. The molecule has 1 saturated heterocycles. The topological polar surface area (TPSA) is 12.5 Å². The van der Waals surface area contributed by atoms with Crippen LogP contribution in [0.3, 0.4) is 0 Å². The average molecular weight is 157 g/mol. The molecule has 1 rings (SSSR count). The lowest BCUT2D eigenvalue weighted by Gasteiger charge is -2.12. The van der Waals surface area contributed by atoms with E-state index in [9.17, 15) is 0 Å². The first-order chi connectivity index (χ1) is 5.36. The minimum atomic E-state index is 0.801. The minimum absolute atomic E-state index is 0.801. The minimum Gasteiger partial charge on any atom is -0.381 e. The second-order valence-corrected chi connectivity index (χ2v) is 3.21. The van der Waals surface area contributed by atoms with Gasteiger partial charge in [-0.1, -0.05) is 6.92 Å². The van der Waals surface area contributed by atoms with Crippen LogP contribution in [0.4, 0.5) is 0 Å². The number of likely N-dealkylation sites (tertiary alicyclic amines) is 1. The Kier molecular flexibility index (Phi) is 3.87. The Labute approximate surface area is 69.5 Å². The summed E-state index contributed by atoms with van der Waals surface area (Å²) in [4.78, 5) is 2.49. The zero-order chi connectivity index (χ0) is 8.10. The molecule has 2 heteroatoms. The number of rotatable bonds is 4. The maximum atomic E-state index is 5.38. The van der Waals surface area contributed by atoms with E-state index in [1.807, 2.05) is 0 Å². The predicted molar refractivity (Wildman–Crippen MR) is 46.7 cm³/mol. The van der Waals surface area contributed by atoms with Crippen molar-refractivity contribution in [3.05, 3.63) is 0 Å². The van der Waals surface area contributed by atoms with Crippen molar-refractivity contribution < 1.29 is 4.74 Å². The van der Waals surface area contributed by atoms with E-state index in [4.69, 9.17) is 4.74 Å². The Hall–Kier alpha value is -0.0800. The summed E-state index contributed by atoms with van der Waals surface area (Å²) in [6.45, 7) is 9.83. The summed E-state index contributed by atoms with van der Waals surface area (Å²) in [6.07, 6.45) is 1.33. The van der Waals surface area contributed by atoms with Gasteiger partial charge in [0.2, 0.25) is 0 Å². The molecule has 0 unspecified atom stereocenters. The van der Waals surface area contributed by atoms with Crippen molar-refractivity contribution in [1.82, 2.24) is 4.90 Å². The van der Waals surface area contributed by atoms with Crippen molar-refractivity contribution in [2.24, 2.45) is 5.92 Å². The molecule has 0 aromatic rings. The molecule has 0 aromatic heterocycles. The Morgan fingerprint density at radius 3 is 2.82 bits per heavy atom. The van der Waals surface area contributed by atoms with Crippen LogP contribution in [0.2, 0.25) is 0 Å². The van der Waals surface area contributed by atoms with Gasteiger partial charge in [0.1, 0.15) is 0 Å². The van der Waals surface area contributed by atoms with Gasteiger partial charge in [0, 0.05) is 13.2 Å². The average Bonchev–Trinajstić information content (AvgIpc) is 2.48. The van der Waals surface area contributed by atoms with Crippen LogP contribution in [-0.2, 0) is 4.74 Å². The van der Waals surface area contributed by atoms with E-state index in [-0.39, 0.29) is 0 Å². The highest BCUT2D eigenvalue weighted by Gasteiger charge is 2.20. The largest absolute Gasteiger partial charge is 0.381 e. The van der Waals surface area contributed by atoms with Crippen molar-refractivity contribution in [1.29, 1.82) is 0 Å². The van der Waals surface area contributed by atoms with E-state index in [1.54, 1.807) is 0 Å². The van der Waals surface area contributed by atoms with E-state index >= 15 is 0 Å². The molecule has 0 bridgehead atoms. The molecule has 0 spiro atoms. The van der Waals surface area contributed by atoms with Crippen LogP contribution in [-0.4, -0.2) is 37.7 Å². The molecule has 0 aromatic carbocycles. The summed E-state index contributed by atoms with van der Waals surface area (Å²) >= 11 is 0. The van der Waals surface area contributed by atoms with Gasteiger partial charge in [-0.05, 0) is 32.4 Å². The summed E-state index contributed by atoms with van der Waals surface area (Å²) in [7, 11) is 0. The molecule has 0 saturated carbocycles. The number of ether oxygens (including phenoxy) is 1. The van der Waals surface area contributed by atoms with Gasteiger partial charge in [0.15, 0.2) is 0 Å². The Bertz CT molecular complexity index is 106. The van der Waals surface area contributed by atoms with E-state index < -0.39 is 0 Å². The van der Waals surface area contributed by atoms with Crippen molar-refractivity contribution in [2.45, 2.75) is 20.3 Å². The van der Waals surface area contributed by atoms with Crippen LogP contribution in [0.25, 0.3) is 0 Å². The number of hydrogen-bond acceptors (Lipinski definition) is 2. The molecule has 0 amide bonds. The zero-order valence-electron chi connectivity index (χ0n) is 7.68. The summed E-state index contributed by atoms with van der Waals surface area (Å²) in [5.74, 6) is 0.801. The molecular formula is C9H19NO. The van der Waals surface area contributed by atoms with Crippen LogP contribution in [0.5, 0.6) is 0 Å². The first-order valence-electron chi connectivity index (χ1n) is 4.66. The van der Waals surface area contributed by atoms with Crippen LogP contribution in [0, 0.1) is 5.92 Å². The maximum absolute atomic E-state index is 5.38. The van der Waals surface area contributed by atoms with Gasteiger partial charge in [-0.25, -0.2) is 0 Å². The molecule has 1 aliphatic rings. The summed E-state index contributed by atoms with van der Waals surface area (Å²) in [5, 5.41) is 0. The quantitative estimate of drug-likeness (QED) is 0.611. The van der Waals surface area contributed by atoms with Gasteiger partial charge in [-0.3, -0.25) is 0 Å². The van der Waals surface area contributed by atoms with Gasteiger partial charge < -0.3 is 9.64 Å². The molecule has 11 heavy (non-hydrogen) atoms.